The van der Waals surface area contributed by atoms with Crippen molar-refractivity contribution in [3.8, 4) is 0 Å². The Morgan fingerprint density at radius 2 is 2.00 bits per heavy atom. The van der Waals surface area contributed by atoms with Crippen LogP contribution in [0.2, 0.25) is 0 Å². The Kier molecular flexibility index (Phi) is 5.71. The third-order valence-electron chi connectivity index (χ3n) is 2.11. The summed E-state index contributed by atoms with van der Waals surface area (Å²) in [5.74, 6) is 0.713. The van der Waals surface area contributed by atoms with E-state index >= 15 is 0 Å². The molecule has 78 valence electrons. The highest BCUT2D eigenvalue weighted by molar-refractivity contribution is 5.76. The first-order valence-electron chi connectivity index (χ1n) is 4.96. The number of hydrogen-bond acceptors (Lipinski definition) is 2. The molecule has 13 heavy (non-hydrogen) atoms. The predicted octanol–water partition coefficient (Wildman–Crippen LogP) is 1.23. The fourth-order valence-corrected chi connectivity index (χ4v) is 1.25. The van der Waals surface area contributed by atoms with Gasteiger partial charge in [-0.05, 0) is 19.3 Å². The van der Waals surface area contributed by atoms with E-state index in [-0.39, 0.29) is 11.9 Å². The number of carbonyl (C=O) groups excluding carboxylic acids is 1. The average molecular weight is 186 g/mol. The molecule has 2 N–H and O–H groups in total. The summed E-state index contributed by atoms with van der Waals surface area (Å²) in [6, 6.07) is 0.0153. The van der Waals surface area contributed by atoms with Crippen molar-refractivity contribution in [1.82, 2.24) is 4.90 Å². The van der Waals surface area contributed by atoms with E-state index < -0.39 is 0 Å². The van der Waals surface area contributed by atoms with Gasteiger partial charge in [-0.3, -0.25) is 4.79 Å². The van der Waals surface area contributed by atoms with Gasteiger partial charge in [0.05, 0.1) is 0 Å². The molecular formula is C10H22N2O. The van der Waals surface area contributed by atoms with E-state index in [1.54, 1.807) is 4.90 Å². The van der Waals surface area contributed by atoms with Crippen LogP contribution in [0, 0.1) is 5.92 Å². The van der Waals surface area contributed by atoms with Crippen LogP contribution in [0.3, 0.4) is 0 Å². The summed E-state index contributed by atoms with van der Waals surface area (Å²) >= 11 is 0. The Balaban J connectivity index is 3.77. The van der Waals surface area contributed by atoms with Gasteiger partial charge in [-0.2, -0.15) is 0 Å². The molecule has 0 aromatic rings. The highest BCUT2D eigenvalue weighted by atomic mass is 16.2. The standard InChI is InChI=1S/C10H22N2O/c1-5-12(4)10(13)7-9(11)6-8(2)3/h8-9H,5-7,11H2,1-4H3/t9-/m0/s1. The summed E-state index contributed by atoms with van der Waals surface area (Å²) in [6.45, 7) is 6.96. The third-order valence-corrected chi connectivity index (χ3v) is 2.11. The van der Waals surface area contributed by atoms with E-state index in [0.717, 1.165) is 13.0 Å². The molecule has 0 rings (SSSR count). The van der Waals surface area contributed by atoms with E-state index in [1.165, 1.54) is 0 Å². The summed E-state index contributed by atoms with van der Waals surface area (Å²) in [6.07, 6.45) is 1.39. The van der Waals surface area contributed by atoms with Crippen LogP contribution in [0.15, 0.2) is 0 Å². The number of nitrogens with zero attached hydrogens (tertiary/aromatic N) is 1. The van der Waals surface area contributed by atoms with Crippen LogP contribution >= 0.6 is 0 Å². The Labute approximate surface area is 81.3 Å². The lowest BCUT2D eigenvalue weighted by molar-refractivity contribution is -0.130. The van der Waals surface area contributed by atoms with Crippen molar-refractivity contribution in [3.05, 3.63) is 0 Å². The molecule has 0 heterocycles. The first-order valence-corrected chi connectivity index (χ1v) is 4.96. The van der Waals surface area contributed by atoms with Gasteiger partial charge in [-0.1, -0.05) is 13.8 Å². The van der Waals surface area contributed by atoms with Gasteiger partial charge in [-0.25, -0.2) is 0 Å². The second-order valence-electron chi connectivity index (χ2n) is 4.00. The monoisotopic (exact) mass is 186 g/mol. The molecule has 0 unspecified atom stereocenters. The van der Waals surface area contributed by atoms with Gasteiger partial charge in [-0.15, -0.1) is 0 Å². The molecule has 0 aliphatic heterocycles. The lowest BCUT2D eigenvalue weighted by Crippen LogP contribution is -2.33. The van der Waals surface area contributed by atoms with Gasteiger partial charge in [0.2, 0.25) is 5.91 Å². The molecule has 0 fully saturated rings. The largest absolute Gasteiger partial charge is 0.346 e. The minimum absolute atomic E-state index is 0.0153. The summed E-state index contributed by atoms with van der Waals surface area (Å²) in [7, 11) is 1.81. The zero-order valence-electron chi connectivity index (χ0n) is 9.21. The SMILES string of the molecule is CCN(C)C(=O)C[C@@H](N)CC(C)C. The van der Waals surface area contributed by atoms with Crippen molar-refractivity contribution < 1.29 is 4.79 Å². The normalized spacial score (nSPS) is 13.1. The Morgan fingerprint density at radius 1 is 1.46 bits per heavy atom. The number of nitrogens with two attached hydrogens (primary N) is 1. The quantitative estimate of drug-likeness (QED) is 0.702. The van der Waals surface area contributed by atoms with Crippen LogP contribution in [-0.4, -0.2) is 30.4 Å². The molecule has 0 aromatic heterocycles. The molecule has 3 heteroatoms. The molecule has 1 amide bonds. The second-order valence-corrected chi connectivity index (χ2v) is 4.00. The van der Waals surface area contributed by atoms with Crippen molar-refractivity contribution in [2.75, 3.05) is 13.6 Å². The molecule has 3 nitrogen and oxygen atoms in total. The molecule has 0 aromatic carbocycles. The lowest BCUT2D eigenvalue weighted by Gasteiger charge is -2.18. The molecule has 0 saturated carbocycles. The van der Waals surface area contributed by atoms with Crippen LogP contribution in [0.5, 0.6) is 0 Å². The van der Waals surface area contributed by atoms with Gasteiger partial charge >= 0.3 is 0 Å². The van der Waals surface area contributed by atoms with E-state index in [1.807, 2.05) is 14.0 Å². The highest BCUT2D eigenvalue weighted by Crippen LogP contribution is 2.06. The Bertz CT molecular complexity index is 157. The minimum Gasteiger partial charge on any atom is -0.346 e. The number of rotatable bonds is 5. The average Bonchev–Trinajstić information content (AvgIpc) is 2.01. The second kappa shape index (κ2) is 5.97. The van der Waals surface area contributed by atoms with Crippen molar-refractivity contribution in [1.29, 1.82) is 0 Å². The molecule has 0 saturated heterocycles. The summed E-state index contributed by atoms with van der Waals surface area (Å²) in [5, 5.41) is 0. The van der Waals surface area contributed by atoms with Crippen molar-refractivity contribution >= 4 is 5.91 Å². The highest BCUT2D eigenvalue weighted by Gasteiger charge is 2.13. The zero-order valence-corrected chi connectivity index (χ0v) is 9.21. The molecule has 0 radical (unpaired) electrons. The van der Waals surface area contributed by atoms with Gasteiger partial charge in [0.15, 0.2) is 0 Å². The van der Waals surface area contributed by atoms with Crippen molar-refractivity contribution in [3.63, 3.8) is 0 Å². The topological polar surface area (TPSA) is 46.3 Å². The third kappa shape index (κ3) is 5.64. The minimum atomic E-state index is 0.0153. The molecule has 0 aliphatic rings. The maximum atomic E-state index is 11.4. The maximum Gasteiger partial charge on any atom is 0.223 e. The van der Waals surface area contributed by atoms with E-state index in [0.29, 0.717) is 12.3 Å². The van der Waals surface area contributed by atoms with E-state index in [4.69, 9.17) is 5.73 Å². The van der Waals surface area contributed by atoms with Crippen LogP contribution in [0.25, 0.3) is 0 Å². The van der Waals surface area contributed by atoms with Crippen LogP contribution in [0.4, 0.5) is 0 Å². The molecule has 0 aliphatic carbocycles. The summed E-state index contributed by atoms with van der Waals surface area (Å²) in [5.41, 5.74) is 5.82. The van der Waals surface area contributed by atoms with Crippen LogP contribution in [-0.2, 0) is 4.79 Å². The van der Waals surface area contributed by atoms with Gasteiger partial charge < -0.3 is 10.6 Å². The molecule has 0 spiro atoms. The Morgan fingerprint density at radius 3 is 2.38 bits per heavy atom. The first kappa shape index (κ1) is 12.4. The van der Waals surface area contributed by atoms with Crippen LogP contribution < -0.4 is 5.73 Å². The zero-order chi connectivity index (χ0) is 10.4. The lowest BCUT2D eigenvalue weighted by atomic mass is 10.0. The van der Waals surface area contributed by atoms with E-state index in [2.05, 4.69) is 13.8 Å². The molecular weight excluding hydrogens is 164 g/mol. The summed E-state index contributed by atoms with van der Waals surface area (Å²) in [4.78, 5) is 13.1. The fraction of sp³-hybridized carbons (Fsp3) is 0.900. The van der Waals surface area contributed by atoms with E-state index in [9.17, 15) is 4.79 Å². The summed E-state index contributed by atoms with van der Waals surface area (Å²) < 4.78 is 0. The Hall–Kier alpha value is -0.570. The predicted molar refractivity (Wildman–Crippen MR) is 55.4 cm³/mol. The number of carbonyl (C=O) groups is 1. The first-order chi connectivity index (χ1) is 5.97. The fourth-order valence-electron chi connectivity index (χ4n) is 1.25. The van der Waals surface area contributed by atoms with Gasteiger partial charge in [0.25, 0.3) is 0 Å². The smallest absolute Gasteiger partial charge is 0.223 e. The maximum absolute atomic E-state index is 11.4. The van der Waals surface area contributed by atoms with Crippen LogP contribution in [0.1, 0.15) is 33.6 Å². The number of hydrogen-bond donors (Lipinski definition) is 1. The van der Waals surface area contributed by atoms with Gasteiger partial charge in [0.1, 0.15) is 0 Å². The van der Waals surface area contributed by atoms with Gasteiger partial charge in [0, 0.05) is 26.1 Å². The van der Waals surface area contributed by atoms with Crippen molar-refractivity contribution in [2.24, 2.45) is 11.7 Å². The number of amides is 1. The van der Waals surface area contributed by atoms with Crippen molar-refractivity contribution in [2.45, 2.75) is 39.7 Å². The molecule has 0 bridgehead atoms. The molecule has 1 atom stereocenters.